The molecule has 7 nitrogen and oxygen atoms in total. The van der Waals surface area contributed by atoms with Crippen molar-refractivity contribution in [2.24, 2.45) is 5.73 Å². The van der Waals surface area contributed by atoms with E-state index in [0.717, 1.165) is 59.4 Å². The van der Waals surface area contributed by atoms with E-state index in [9.17, 15) is 13.2 Å². The molecule has 1 aromatic carbocycles. The number of primary amides is 1. The highest BCUT2D eigenvalue weighted by Gasteiger charge is 2.30. The number of benzene rings is 1. The molecule has 0 unspecified atom stereocenters. The SMILES string of the molecule is NC(=O)c1cc(-c2cccs2)cc2c(C3CCN(S(=O)(=O)CCCN4CCCC4)CC3)c[nH]c12. The smallest absolute Gasteiger partial charge is 0.250 e. The Balaban J connectivity index is 1.30. The van der Waals surface area contributed by atoms with Gasteiger partial charge in [-0.1, -0.05) is 6.07 Å². The van der Waals surface area contributed by atoms with Crippen molar-refractivity contribution in [2.75, 3.05) is 38.5 Å². The molecule has 0 aliphatic carbocycles. The maximum Gasteiger partial charge on any atom is 0.250 e. The number of aromatic amines is 1. The molecule has 0 atom stereocenters. The van der Waals surface area contributed by atoms with Crippen LogP contribution in [-0.2, 0) is 10.0 Å². The fourth-order valence-electron chi connectivity index (χ4n) is 5.42. The van der Waals surface area contributed by atoms with Crippen molar-refractivity contribution in [3.05, 3.63) is 47.0 Å². The summed E-state index contributed by atoms with van der Waals surface area (Å²) in [5.41, 5.74) is 9.08. The van der Waals surface area contributed by atoms with E-state index in [1.807, 2.05) is 29.8 Å². The molecular weight excluding hydrogens is 468 g/mol. The Morgan fingerprint density at radius 1 is 1.15 bits per heavy atom. The third-order valence-electron chi connectivity index (χ3n) is 7.25. The van der Waals surface area contributed by atoms with Crippen molar-refractivity contribution in [1.82, 2.24) is 14.2 Å². The largest absolute Gasteiger partial charge is 0.366 e. The summed E-state index contributed by atoms with van der Waals surface area (Å²) in [4.78, 5) is 18.9. The van der Waals surface area contributed by atoms with Crippen molar-refractivity contribution in [3.8, 4) is 10.4 Å². The molecule has 0 bridgehead atoms. The molecule has 182 valence electrons. The van der Waals surface area contributed by atoms with Crippen LogP contribution in [-0.4, -0.2) is 67.0 Å². The topological polar surface area (TPSA) is 99.5 Å². The molecule has 3 aromatic rings. The summed E-state index contributed by atoms with van der Waals surface area (Å²) >= 11 is 1.63. The summed E-state index contributed by atoms with van der Waals surface area (Å²) in [6.07, 6.45) is 6.67. The van der Waals surface area contributed by atoms with Crippen LogP contribution in [0.15, 0.2) is 35.8 Å². The average molecular weight is 501 g/mol. The van der Waals surface area contributed by atoms with Gasteiger partial charge in [-0.05, 0) is 92.4 Å². The Bertz CT molecular complexity index is 1250. The lowest BCUT2D eigenvalue weighted by Gasteiger charge is -2.31. The van der Waals surface area contributed by atoms with Gasteiger partial charge in [-0.25, -0.2) is 12.7 Å². The zero-order valence-corrected chi connectivity index (χ0v) is 21.0. The second kappa shape index (κ2) is 9.81. The van der Waals surface area contributed by atoms with Gasteiger partial charge < -0.3 is 15.6 Å². The van der Waals surface area contributed by atoms with Crippen LogP contribution in [0.25, 0.3) is 21.3 Å². The number of rotatable bonds is 8. The number of nitrogens with one attached hydrogen (secondary N) is 1. The Morgan fingerprint density at radius 2 is 1.91 bits per heavy atom. The minimum Gasteiger partial charge on any atom is -0.366 e. The molecule has 5 rings (SSSR count). The van der Waals surface area contributed by atoms with E-state index in [1.54, 1.807) is 15.6 Å². The highest BCUT2D eigenvalue weighted by atomic mass is 32.2. The summed E-state index contributed by atoms with van der Waals surface area (Å²) in [7, 11) is -3.23. The number of hydrogen-bond acceptors (Lipinski definition) is 5. The molecule has 34 heavy (non-hydrogen) atoms. The minimum absolute atomic E-state index is 0.230. The number of carbonyl (C=O) groups excluding carboxylic acids is 1. The normalized spacial score (nSPS) is 18.7. The molecule has 3 N–H and O–H groups in total. The zero-order valence-electron chi connectivity index (χ0n) is 19.3. The number of nitrogens with two attached hydrogens (primary N) is 1. The van der Waals surface area contributed by atoms with Crippen LogP contribution in [0.1, 0.15) is 53.9 Å². The van der Waals surface area contributed by atoms with E-state index in [-0.39, 0.29) is 11.7 Å². The second-order valence-electron chi connectivity index (χ2n) is 9.42. The number of carbonyl (C=O) groups is 1. The number of likely N-dealkylation sites (tertiary alicyclic amines) is 1. The predicted octanol–water partition coefficient (Wildman–Crippen LogP) is 3.99. The van der Waals surface area contributed by atoms with E-state index in [0.29, 0.717) is 25.1 Å². The predicted molar refractivity (Wildman–Crippen MR) is 138 cm³/mol. The molecule has 0 saturated carbocycles. The standard InChI is InChI=1S/C25H32N4O3S2/c26-25(30)21-16-19(23-5-3-13-33-23)15-20-22(17-27-24(20)21)18-6-11-29(12-7-18)34(31,32)14-4-10-28-8-1-2-9-28/h3,5,13,15-18,27H,1-2,4,6-12,14H2,(H2,26,30). The van der Waals surface area contributed by atoms with E-state index >= 15 is 0 Å². The summed E-state index contributed by atoms with van der Waals surface area (Å²) in [6.45, 7) is 4.15. The van der Waals surface area contributed by atoms with Crippen LogP contribution in [0.2, 0.25) is 0 Å². The third-order valence-corrected chi connectivity index (χ3v) is 10.1. The van der Waals surface area contributed by atoms with Crippen molar-refractivity contribution in [3.63, 3.8) is 0 Å². The van der Waals surface area contributed by atoms with Gasteiger partial charge in [0, 0.05) is 29.5 Å². The number of fused-ring (bicyclic) bond motifs is 1. The lowest BCUT2D eigenvalue weighted by molar-refractivity contribution is 0.100. The molecule has 0 radical (unpaired) electrons. The van der Waals surface area contributed by atoms with Crippen molar-refractivity contribution in [2.45, 2.75) is 38.0 Å². The Kier molecular flexibility index (Phi) is 6.79. The fraction of sp³-hybridized carbons (Fsp3) is 0.480. The molecule has 9 heteroatoms. The Hall–Kier alpha value is -2.20. The first kappa shape index (κ1) is 23.5. The summed E-state index contributed by atoms with van der Waals surface area (Å²) in [6, 6.07) is 8.01. The Morgan fingerprint density at radius 3 is 2.59 bits per heavy atom. The van der Waals surface area contributed by atoms with E-state index in [4.69, 9.17) is 5.73 Å². The summed E-state index contributed by atoms with van der Waals surface area (Å²) < 4.78 is 27.5. The molecule has 2 aliphatic rings. The quantitative estimate of drug-likeness (QED) is 0.488. The fourth-order valence-corrected chi connectivity index (χ4v) is 7.66. The van der Waals surface area contributed by atoms with Crippen molar-refractivity contribution >= 4 is 38.2 Å². The molecule has 1 amide bonds. The lowest BCUT2D eigenvalue weighted by Crippen LogP contribution is -2.39. The first-order valence-corrected chi connectivity index (χ1v) is 14.6. The minimum atomic E-state index is -3.23. The van der Waals surface area contributed by atoms with Crippen LogP contribution < -0.4 is 5.73 Å². The molecule has 4 heterocycles. The third kappa shape index (κ3) is 4.79. The van der Waals surface area contributed by atoms with Gasteiger partial charge in [-0.15, -0.1) is 11.3 Å². The monoisotopic (exact) mass is 500 g/mol. The molecule has 0 spiro atoms. The molecule has 2 fully saturated rings. The van der Waals surface area contributed by atoms with Gasteiger partial charge in [0.2, 0.25) is 10.0 Å². The van der Waals surface area contributed by atoms with E-state index < -0.39 is 15.9 Å². The highest BCUT2D eigenvalue weighted by Crippen LogP contribution is 2.38. The van der Waals surface area contributed by atoms with E-state index in [1.165, 1.54) is 12.8 Å². The summed E-state index contributed by atoms with van der Waals surface area (Å²) in [5, 5.41) is 3.02. The van der Waals surface area contributed by atoms with Crippen LogP contribution in [0, 0.1) is 0 Å². The van der Waals surface area contributed by atoms with Crippen LogP contribution in [0.3, 0.4) is 0 Å². The first-order chi connectivity index (χ1) is 16.4. The van der Waals surface area contributed by atoms with Gasteiger partial charge in [0.1, 0.15) is 0 Å². The average Bonchev–Trinajstić information content (AvgIpc) is 3.60. The van der Waals surface area contributed by atoms with Gasteiger partial charge in [0.15, 0.2) is 0 Å². The number of piperidine rings is 1. The second-order valence-corrected chi connectivity index (χ2v) is 12.5. The van der Waals surface area contributed by atoms with E-state index in [2.05, 4.69) is 16.0 Å². The van der Waals surface area contributed by atoms with Gasteiger partial charge in [0.05, 0.1) is 16.8 Å². The highest BCUT2D eigenvalue weighted by molar-refractivity contribution is 7.89. The van der Waals surface area contributed by atoms with Crippen LogP contribution >= 0.6 is 11.3 Å². The number of nitrogens with zero attached hydrogens (tertiary/aromatic N) is 2. The zero-order chi connectivity index (χ0) is 23.7. The number of thiophene rings is 1. The van der Waals surface area contributed by atoms with Crippen molar-refractivity contribution in [1.29, 1.82) is 0 Å². The number of aromatic nitrogens is 1. The molecular formula is C25H32N4O3S2. The maximum atomic E-state index is 12.9. The number of hydrogen-bond donors (Lipinski definition) is 2. The van der Waals surface area contributed by atoms with Gasteiger partial charge in [-0.2, -0.15) is 0 Å². The number of amides is 1. The number of sulfonamides is 1. The van der Waals surface area contributed by atoms with Gasteiger partial charge in [0.25, 0.3) is 5.91 Å². The van der Waals surface area contributed by atoms with Crippen molar-refractivity contribution < 1.29 is 13.2 Å². The van der Waals surface area contributed by atoms with Crippen LogP contribution in [0.4, 0.5) is 0 Å². The van der Waals surface area contributed by atoms with Gasteiger partial charge >= 0.3 is 0 Å². The van der Waals surface area contributed by atoms with Gasteiger partial charge in [-0.3, -0.25) is 4.79 Å². The maximum absolute atomic E-state index is 12.9. The lowest BCUT2D eigenvalue weighted by atomic mass is 9.89. The molecule has 2 saturated heterocycles. The van der Waals surface area contributed by atoms with Crippen LogP contribution in [0.5, 0.6) is 0 Å². The summed E-state index contributed by atoms with van der Waals surface area (Å²) in [5.74, 6) is 0.0173. The Labute approximate surface area is 205 Å². The first-order valence-electron chi connectivity index (χ1n) is 12.1. The number of H-pyrrole nitrogens is 1. The molecule has 2 aromatic heterocycles. The molecule has 2 aliphatic heterocycles.